The highest BCUT2D eigenvalue weighted by molar-refractivity contribution is 7.99. The van der Waals surface area contributed by atoms with Crippen LogP contribution in [-0.2, 0) is 11.0 Å². The summed E-state index contributed by atoms with van der Waals surface area (Å²) in [6.07, 6.45) is -1.26. The maximum atomic E-state index is 12.5. The van der Waals surface area contributed by atoms with Crippen molar-refractivity contribution in [3.8, 4) is 0 Å². The number of nitrogens with zero attached hydrogens (tertiary/aromatic N) is 2. The zero-order valence-electron chi connectivity index (χ0n) is 15.5. The monoisotopic (exact) mass is 409 g/mol. The molecule has 0 aliphatic carbocycles. The Hall–Kier alpha value is -2.22. The van der Waals surface area contributed by atoms with Gasteiger partial charge in [0.1, 0.15) is 0 Å². The molecular weight excluding hydrogens is 387 g/mol. The third kappa shape index (κ3) is 5.64. The minimum absolute atomic E-state index is 0.0735. The standard InChI is InChI=1S/C20H22F3N3OS/c1-14-8-10-26(11-9-14)17-5-3-16(4-6-17)25-18(27)13-28-19-7-2-15(12-24-19)20(21,22)23/h2-7,12,14H,8-11,13H2,1H3,(H,25,27). The quantitative estimate of drug-likeness (QED) is 0.701. The molecule has 2 heterocycles. The van der Waals surface area contributed by atoms with Crippen LogP contribution in [0.25, 0.3) is 0 Å². The van der Waals surface area contributed by atoms with Gasteiger partial charge in [-0.2, -0.15) is 13.2 Å². The number of piperidine rings is 1. The van der Waals surface area contributed by atoms with E-state index in [-0.39, 0.29) is 11.7 Å². The van der Waals surface area contributed by atoms with Crippen molar-refractivity contribution in [2.75, 3.05) is 29.1 Å². The van der Waals surface area contributed by atoms with Crippen molar-refractivity contribution < 1.29 is 18.0 Å². The molecule has 0 saturated carbocycles. The van der Waals surface area contributed by atoms with Crippen molar-refractivity contribution in [3.05, 3.63) is 48.2 Å². The molecule has 1 aromatic carbocycles. The highest BCUT2D eigenvalue weighted by Crippen LogP contribution is 2.29. The lowest BCUT2D eigenvalue weighted by atomic mass is 9.99. The molecule has 1 saturated heterocycles. The van der Waals surface area contributed by atoms with E-state index >= 15 is 0 Å². The van der Waals surface area contributed by atoms with Crippen LogP contribution in [0.1, 0.15) is 25.3 Å². The maximum absolute atomic E-state index is 12.5. The van der Waals surface area contributed by atoms with Crippen LogP contribution in [0.15, 0.2) is 47.6 Å². The largest absolute Gasteiger partial charge is 0.417 e. The summed E-state index contributed by atoms with van der Waals surface area (Å²) in [6, 6.07) is 9.97. The van der Waals surface area contributed by atoms with Crippen LogP contribution in [0.2, 0.25) is 0 Å². The summed E-state index contributed by atoms with van der Waals surface area (Å²) in [4.78, 5) is 18.2. The Kier molecular flexibility index (Phi) is 6.49. The van der Waals surface area contributed by atoms with Crippen LogP contribution in [0.3, 0.4) is 0 Å². The molecule has 0 bridgehead atoms. The number of hydrogen-bond acceptors (Lipinski definition) is 4. The number of benzene rings is 1. The van der Waals surface area contributed by atoms with E-state index in [1.54, 1.807) is 0 Å². The van der Waals surface area contributed by atoms with Crippen molar-refractivity contribution in [1.82, 2.24) is 4.98 Å². The predicted molar refractivity (Wildman–Crippen MR) is 106 cm³/mol. The third-order valence-electron chi connectivity index (χ3n) is 4.71. The average Bonchev–Trinajstić information content (AvgIpc) is 2.67. The summed E-state index contributed by atoms with van der Waals surface area (Å²) in [5.74, 6) is 0.613. The number of hydrogen-bond donors (Lipinski definition) is 1. The van der Waals surface area contributed by atoms with Gasteiger partial charge in [0.05, 0.1) is 16.3 Å². The van der Waals surface area contributed by atoms with Gasteiger partial charge in [-0.3, -0.25) is 4.79 Å². The van der Waals surface area contributed by atoms with E-state index in [1.165, 1.54) is 18.9 Å². The molecule has 0 spiro atoms. The molecule has 0 unspecified atom stereocenters. The minimum Gasteiger partial charge on any atom is -0.372 e. The predicted octanol–water partition coefficient (Wildman–Crippen LogP) is 5.07. The number of pyridine rings is 1. The van der Waals surface area contributed by atoms with Crippen LogP contribution in [0.4, 0.5) is 24.5 Å². The number of nitrogens with one attached hydrogen (secondary N) is 1. The van der Waals surface area contributed by atoms with Crippen LogP contribution >= 0.6 is 11.8 Å². The van der Waals surface area contributed by atoms with E-state index in [2.05, 4.69) is 22.1 Å². The fourth-order valence-corrected chi connectivity index (χ4v) is 3.63. The summed E-state index contributed by atoms with van der Waals surface area (Å²) >= 11 is 1.09. The van der Waals surface area contributed by atoms with Crippen LogP contribution in [0.5, 0.6) is 0 Å². The molecule has 28 heavy (non-hydrogen) atoms. The second-order valence-electron chi connectivity index (χ2n) is 6.94. The summed E-state index contributed by atoms with van der Waals surface area (Å²) in [6.45, 7) is 4.36. The van der Waals surface area contributed by atoms with Gasteiger partial charge in [0.2, 0.25) is 5.91 Å². The first-order valence-electron chi connectivity index (χ1n) is 9.12. The van der Waals surface area contributed by atoms with Gasteiger partial charge in [-0.1, -0.05) is 18.7 Å². The first-order chi connectivity index (χ1) is 13.3. The van der Waals surface area contributed by atoms with Crippen LogP contribution in [-0.4, -0.2) is 29.7 Å². The number of rotatable bonds is 5. The lowest BCUT2D eigenvalue weighted by Crippen LogP contribution is -2.32. The Labute approximate surface area is 166 Å². The number of anilines is 2. The van der Waals surface area contributed by atoms with E-state index in [1.807, 2.05) is 24.3 Å². The van der Waals surface area contributed by atoms with E-state index in [4.69, 9.17) is 0 Å². The molecule has 3 rings (SSSR count). The molecule has 1 aliphatic heterocycles. The van der Waals surface area contributed by atoms with Gasteiger partial charge in [-0.25, -0.2) is 4.98 Å². The Bertz CT molecular complexity index is 786. The molecule has 4 nitrogen and oxygen atoms in total. The van der Waals surface area contributed by atoms with Crippen molar-refractivity contribution >= 4 is 29.0 Å². The molecular formula is C20H22F3N3OS. The van der Waals surface area contributed by atoms with E-state index < -0.39 is 11.7 Å². The third-order valence-corrected chi connectivity index (χ3v) is 5.66. The molecule has 0 radical (unpaired) electrons. The number of carbonyl (C=O) groups excluding carboxylic acids is 1. The van der Waals surface area contributed by atoms with Gasteiger partial charge < -0.3 is 10.2 Å². The van der Waals surface area contributed by atoms with Gasteiger partial charge in [0.25, 0.3) is 0 Å². The van der Waals surface area contributed by atoms with E-state index in [9.17, 15) is 18.0 Å². The van der Waals surface area contributed by atoms with E-state index in [0.717, 1.165) is 48.7 Å². The smallest absolute Gasteiger partial charge is 0.372 e. The van der Waals surface area contributed by atoms with Gasteiger partial charge in [-0.15, -0.1) is 0 Å². The van der Waals surface area contributed by atoms with Crippen LogP contribution in [0, 0.1) is 5.92 Å². The SMILES string of the molecule is CC1CCN(c2ccc(NC(=O)CSc3ccc(C(F)(F)F)cn3)cc2)CC1. The summed E-state index contributed by atoms with van der Waals surface area (Å²) < 4.78 is 37.6. The second kappa shape index (κ2) is 8.86. The number of halogens is 3. The van der Waals surface area contributed by atoms with Gasteiger partial charge in [0, 0.05) is 30.7 Å². The number of aromatic nitrogens is 1. The molecule has 1 aliphatic rings. The maximum Gasteiger partial charge on any atom is 0.417 e. The Morgan fingerprint density at radius 2 is 1.86 bits per heavy atom. The summed E-state index contributed by atoms with van der Waals surface area (Å²) in [7, 11) is 0. The number of alkyl halides is 3. The number of carbonyl (C=O) groups is 1. The van der Waals surface area contributed by atoms with Gasteiger partial charge >= 0.3 is 6.18 Å². The van der Waals surface area contributed by atoms with Crippen LogP contribution < -0.4 is 10.2 Å². The zero-order valence-corrected chi connectivity index (χ0v) is 16.3. The topological polar surface area (TPSA) is 45.2 Å². The lowest BCUT2D eigenvalue weighted by molar-refractivity contribution is -0.137. The van der Waals surface area contributed by atoms with E-state index in [0.29, 0.717) is 10.7 Å². The molecule has 1 fully saturated rings. The highest BCUT2D eigenvalue weighted by atomic mass is 32.2. The first-order valence-corrected chi connectivity index (χ1v) is 10.1. The lowest BCUT2D eigenvalue weighted by Gasteiger charge is -2.32. The fourth-order valence-electron chi connectivity index (χ4n) is 2.99. The first kappa shape index (κ1) is 20.5. The highest BCUT2D eigenvalue weighted by Gasteiger charge is 2.30. The Morgan fingerprint density at radius 1 is 1.18 bits per heavy atom. The Balaban J connectivity index is 1.48. The zero-order chi connectivity index (χ0) is 20.1. The number of thioether (sulfide) groups is 1. The fraction of sp³-hybridized carbons (Fsp3) is 0.400. The minimum atomic E-state index is -4.41. The van der Waals surface area contributed by atoms with Crippen molar-refractivity contribution in [3.63, 3.8) is 0 Å². The molecule has 0 atom stereocenters. The van der Waals surface area contributed by atoms with Crippen molar-refractivity contribution in [1.29, 1.82) is 0 Å². The van der Waals surface area contributed by atoms with Crippen molar-refractivity contribution in [2.24, 2.45) is 5.92 Å². The molecule has 1 aromatic heterocycles. The molecule has 2 aromatic rings. The second-order valence-corrected chi connectivity index (χ2v) is 7.93. The normalized spacial score (nSPS) is 15.5. The van der Waals surface area contributed by atoms with Gasteiger partial charge in [0.15, 0.2) is 0 Å². The molecule has 150 valence electrons. The average molecular weight is 409 g/mol. The molecule has 1 N–H and O–H groups in total. The van der Waals surface area contributed by atoms with Crippen molar-refractivity contribution in [2.45, 2.75) is 31.0 Å². The van der Waals surface area contributed by atoms with Gasteiger partial charge in [-0.05, 0) is 55.2 Å². The Morgan fingerprint density at radius 3 is 2.43 bits per heavy atom. The molecule has 1 amide bonds. The molecule has 8 heteroatoms. The summed E-state index contributed by atoms with van der Waals surface area (Å²) in [5.41, 5.74) is 1.04. The number of amides is 1. The summed E-state index contributed by atoms with van der Waals surface area (Å²) in [5, 5.41) is 3.17.